The fraction of sp³-hybridized carbons (Fsp3) is 1.00. The molecule has 0 amide bonds. The number of nitrogens with two attached hydrogens (primary N) is 1. The zero-order valence-corrected chi connectivity index (χ0v) is 10.3. The van der Waals surface area contributed by atoms with Crippen LogP contribution < -0.4 is 10.5 Å². The smallest absolute Gasteiger partial charge is 0.215 e. The molecule has 5 nitrogen and oxygen atoms in total. The van der Waals surface area contributed by atoms with Gasteiger partial charge >= 0.3 is 0 Å². The van der Waals surface area contributed by atoms with Gasteiger partial charge in [0.25, 0.3) is 0 Å². The normalized spacial score (nSPS) is 14.1. The standard InChI is InChI=1S/C9H22N2O3S/c1-3-6-14-7-4-5-11-15(12,13)9(2)8-10/h9,11H,3-8,10H2,1-2H3. The van der Waals surface area contributed by atoms with Gasteiger partial charge in [0.1, 0.15) is 0 Å². The Kier molecular flexibility index (Phi) is 7.95. The fourth-order valence-corrected chi connectivity index (χ4v) is 1.87. The highest BCUT2D eigenvalue weighted by Crippen LogP contribution is 1.95. The van der Waals surface area contributed by atoms with Crippen molar-refractivity contribution in [2.45, 2.75) is 31.9 Å². The molecule has 0 aliphatic heterocycles. The topological polar surface area (TPSA) is 81.4 Å². The molecule has 3 N–H and O–H groups in total. The number of sulfonamides is 1. The third-order valence-corrected chi connectivity index (χ3v) is 3.84. The monoisotopic (exact) mass is 238 g/mol. The molecule has 0 saturated heterocycles. The summed E-state index contributed by atoms with van der Waals surface area (Å²) >= 11 is 0. The third-order valence-electron chi connectivity index (χ3n) is 1.98. The Morgan fingerprint density at radius 3 is 2.60 bits per heavy atom. The predicted molar refractivity (Wildman–Crippen MR) is 61.2 cm³/mol. The van der Waals surface area contributed by atoms with Gasteiger partial charge in [-0.1, -0.05) is 6.92 Å². The molecular weight excluding hydrogens is 216 g/mol. The Morgan fingerprint density at radius 2 is 2.07 bits per heavy atom. The molecule has 0 spiro atoms. The molecular formula is C9H22N2O3S. The molecule has 6 heteroatoms. The molecule has 0 fully saturated rings. The minimum atomic E-state index is -3.23. The molecule has 0 heterocycles. The predicted octanol–water partition coefficient (Wildman–Crippen LogP) is 0.0697. The first kappa shape index (κ1) is 14.8. The van der Waals surface area contributed by atoms with E-state index in [0.29, 0.717) is 19.6 Å². The van der Waals surface area contributed by atoms with Crippen molar-refractivity contribution in [3.8, 4) is 0 Å². The number of hydrogen-bond donors (Lipinski definition) is 2. The van der Waals surface area contributed by atoms with Crippen molar-refractivity contribution in [3.05, 3.63) is 0 Å². The average molecular weight is 238 g/mol. The minimum Gasteiger partial charge on any atom is -0.381 e. The SMILES string of the molecule is CCCOCCCNS(=O)(=O)C(C)CN. The lowest BCUT2D eigenvalue weighted by Gasteiger charge is -2.11. The van der Waals surface area contributed by atoms with Gasteiger partial charge in [-0.15, -0.1) is 0 Å². The van der Waals surface area contributed by atoms with Crippen molar-refractivity contribution in [2.24, 2.45) is 5.73 Å². The summed E-state index contributed by atoms with van der Waals surface area (Å²) in [6.45, 7) is 5.50. The first-order valence-electron chi connectivity index (χ1n) is 5.31. The maximum atomic E-state index is 11.4. The lowest BCUT2D eigenvalue weighted by molar-refractivity contribution is 0.133. The Balaban J connectivity index is 3.58. The van der Waals surface area contributed by atoms with E-state index in [0.717, 1.165) is 13.0 Å². The van der Waals surface area contributed by atoms with Crippen LogP contribution in [0.3, 0.4) is 0 Å². The summed E-state index contributed by atoms with van der Waals surface area (Å²) in [6.07, 6.45) is 1.67. The van der Waals surface area contributed by atoms with Crippen LogP contribution >= 0.6 is 0 Å². The largest absolute Gasteiger partial charge is 0.381 e. The first-order chi connectivity index (χ1) is 7.04. The van der Waals surface area contributed by atoms with Gasteiger partial charge in [-0.05, 0) is 19.8 Å². The van der Waals surface area contributed by atoms with Crippen molar-refractivity contribution in [3.63, 3.8) is 0 Å². The maximum absolute atomic E-state index is 11.4. The summed E-state index contributed by atoms with van der Waals surface area (Å²) in [5.74, 6) is 0. The van der Waals surface area contributed by atoms with Crippen LogP contribution in [0.2, 0.25) is 0 Å². The van der Waals surface area contributed by atoms with Crippen molar-refractivity contribution >= 4 is 10.0 Å². The third kappa shape index (κ3) is 6.83. The van der Waals surface area contributed by atoms with Gasteiger partial charge in [0.2, 0.25) is 10.0 Å². The van der Waals surface area contributed by atoms with Gasteiger partial charge < -0.3 is 10.5 Å². The number of hydrogen-bond acceptors (Lipinski definition) is 4. The van der Waals surface area contributed by atoms with E-state index >= 15 is 0 Å². The fourth-order valence-electron chi connectivity index (χ4n) is 0.904. The number of nitrogens with one attached hydrogen (secondary N) is 1. The van der Waals surface area contributed by atoms with Gasteiger partial charge in [0, 0.05) is 26.3 Å². The van der Waals surface area contributed by atoms with Gasteiger partial charge in [0.05, 0.1) is 5.25 Å². The second-order valence-corrected chi connectivity index (χ2v) is 5.64. The molecule has 0 aliphatic carbocycles. The Labute approximate surface area is 92.4 Å². The second-order valence-electron chi connectivity index (χ2n) is 3.45. The van der Waals surface area contributed by atoms with Crippen LogP contribution in [0.15, 0.2) is 0 Å². The Hall–Kier alpha value is -0.170. The van der Waals surface area contributed by atoms with Crippen LogP contribution in [0.1, 0.15) is 26.7 Å². The van der Waals surface area contributed by atoms with E-state index in [1.807, 2.05) is 6.92 Å². The van der Waals surface area contributed by atoms with Crippen molar-refractivity contribution in [2.75, 3.05) is 26.3 Å². The Morgan fingerprint density at radius 1 is 1.40 bits per heavy atom. The van der Waals surface area contributed by atoms with Crippen molar-refractivity contribution < 1.29 is 13.2 Å². The zero-order valence-electron chi connectivity index (χ0n) is 9.53. The molecule has 92 valence electrons. The number of ether oxygens (including phenoxy) is 1. The first-order valence-corrected chi connectivity index (χ1v) is 6.85. The van der Waals surface area contributed by atoms with Gasteiger partial charge in [-0.3, -0.25) is 0 Å². The molecule has 0 bridgehead atoms. The van der Waals surface area contributed by atoms with Crippen LogP contribution in [-0.2, 0) is 14.8 Å². The van der Waals surface area contributed by atoms with Crippen LogP contribution in [0.4, 0.5) is 0 Å². The van der Waals surface area contributed by atoms with E-state index < -0.39 is 15.3 Å². The van der Waals surface area contributed by atoms with Gasteiger partial charge in [-0.25, -0.2) is 13.1 Å². The van der Waals surface area contributed by atoms with Crippen molar-refractivity contribution in [1.82, 2.24) is 4.72 Å². The average Bonchev–Trinajstić information content (AvgIpc) is 2.22. The molecule has 0 aromatic carbocycles. The van der Waals surface area contributed by atoms with E-state index in [4.69, 9.17) is 10.5 Å². The minimum absolute atomic E-state index is 0.141. The molecule has 0 aliphatic rings. The van der Waals surface area contributed by atoms with Crippen LogP contribution in [0.25, 0.3) is 0 Å². The van der Waals surface area contributed by atoms with E-state index in [1.54, 1.807) is 6.92 Å². The van der Waals surface area contributed by atoms with E-state index in [9.17, 15) is 8.42 Å². The maximum Gasteiger partial charge on any atom is 0.215 e. The van der Waals surface area contributed by atoms with Crippen molar-refractivity contribution in [1.29, 1.82) is 0 Å². The highest BCUT2D eigenvalue weighted by atomic mass is 32.2. The summed E-state index contributed by atoms with van der Waals surface area (Å²) in [5.41, 5.74) is 5.28. The summed E-state index contributed by atoms with van der Waals surface area (Å²) in [4.78, 5) is 0. The lowest BCUT2D eigenvalue weighted by Crippen LogP contribution is -2.37. The van der Waals surface area contributed by atoms with Gasteiger partial charge in [-0.2, -0.15) is 0 Å². The lowest BCUT2D eigenvalue weighted by atomic mass is 10.4. The Bertz CT molecular complexity index is 242. The molecule has 1 atom stereocenters. The summed E-state index contributed by atoms with van der Waals surface area (Å²) in [6, 6.07) is 0. The van der Waals surface area contributed by atoms with E-state index in [1.165, 1.54) is 0 Å². The molecule has 0 saturated carbocycles. The highest BCUT2D eigenvalue weighted by molar-refractivity contribution is 7.90. The van der Waals surface area contributed by atoms with Crippen LogP contribution in [0.5, 0.6) is 0 Å². The highest BCUT2D eigenvalue weighted by Gasteiger charge is 2.17. The quantitative estimate of drug-likeness (QED) is 0.557. The summed E-state index contributed by atoms with van der Waals surface area (Å²) in [7, 11) is -3.23. The number of rotatable bonds is 9. The van der Waals surface area contributed by atoms with Gasteiger partial charge in [0.15, 0.2) is 0 Å². The second kappa shape index (κ2) is 8.04. The zero-order chi connectivity index (χ0) is 11.7. The van der Waals surface area contributed by atoms with E-state index in [-0.39, 0.29) is 6.54 Å². The molecule has 0 radical (unpaired) electrons. The van der Waals surface area contributed by atoms with Crippen LogP contribution in [-0.4, -0.2) is 40.0 Å². The molecule has 1 unspecified atom stereocenters. The molecule has 0 rings (SSSR count). The summed E-state index contributed by atoms with van der Waals surface area (Å²) < 4.78 is 30.6. The molecule has 15 heavy (non-hydrogen) atoms. The van der Waals surface area contributed by atoms with E-state index in [2.05, 4.69) is 4.72 Å². The van der Waals surface area contributed by atoms with Crippen LogP contribution in [0, 0.1) is 0 Å². The molecule has 0 aromatic heterocycles. The molecule has 0 aromatic rings. The summed E-state index contributed by atoms with van der Waals surface area (Å²) in [5, 5.41) is -0.533.